The molecule has 29 heavy (non-hydrogen) atoms. The first-order valence-corrected chi connectivity index (χ1v) is 12.1. The Morgan fingerprint density at radius 3 is 2.38 bits per heavy atom. The average molecular weight is 436 g/mol. The minimum absolute atomic E-state index is 0.00585. The van der Waals surface area contributed by atoms with Crippen molar-refractivity contribution in [2.75, 3.05) is 45.0 Å². The number of hydrogen-bond acceptors (Lipinski definition) is 6. The summed E-state index contributed by atoms with van der Waals surface area (Å²) in [7, 11) is -3.44. The second-order valence-electron chi connectivity index (χ2n) is 6.84. The number of nitrogens with one attached hydrogen (secondary N) is 1. The summed E-state index contributed by atoms with van der Waals surface area (Å²) < 4.78 is 24.6. The predicted molar refractivity (Wildman–Crippen MR) is 113 cm³/mol. The number of benzene rings is 1. The van der Waals surface area contributed by atoms with Crippen molar-refractivity contribution in [3.8, 4) is 0 Å². The molecule has 1 aromatic carbocycles. The zero-order valence-corrected chi connectivity index (χ0v) is 17.8. The van der Waals surface area contributed by atoms with E-state index in [1.807, 2.05) is 11.4 Å². The quantitative estimate of drug-likeness (QED) is 0.679. The van der Waals surface area contributed by atoms with Gasteiger partial charge in [-0.2, -0.15) is 0 Å². The molecular weight excluding hydrogens is 410 g/mol. The third-order valence-electron chi connectivity index (χ3n) is 4.87. The van der Waals surface area contributed by atoms with Gasteiger partial charge < -0.3 is 10.2 Å². The van der Waals surface area contributed by atoms with Crippen molar-refractivity contribution < 1.29 is 18.0 Å². The summed E-state index contributed by atoms with van der Waals surface area (Å²) in [5.41, 5.74) is 0. The molecule has 1 aliphatic rings. The summed E-state index contributed by atoms with van der Waals surface area (Å²) in [6.45, 7) is 3.85. The monoisotopic (exact) mass is 435 g/mol. The van der Waals surface area contributed by atoms with E-state index >= 15 is 0 Å². The van der Waals surface area contributed by atoms with Crippen LogP contribution >= 0.6 is 11.3 Å². The Labute approximate surface area is 175 Å². The van der Waals surface area contributed by atoms with Gasteiger partial charge in [-0.25, -0.2) is 8.42 Å². The summed E-state index contributed by atoms with van der Waals surface area (Å²) in [6.07, 6.45) is -0.00585. The van der Waals surface area contributed by atoms with Crippen LogP contribution in [0.3, 0.4) is 0 Å². The number of carbonyl (C=O) groups excluding carboxylic acids is 2. The zero-order valence-electron chi connectivity index (χ0n) is 16.1. The number of thiophene rings is 1. The molecule has 2 amide bonds. The van der Waals surface area contributed by atoms with Gasteiger partial charge in [-0.1, -0.05) is 24.3 Å². The number of carbonyl (C=O) groups is 2. The molecule has 0 bridgehead atoms. The molecule has 3 rings (SSSR count). The highest BCUT2D eigenvalue weighted by molar-refractivity contribution is 7.91. The molecule has 0 atom stereocenters. The molecule has 156 valence electrons. The first-order valence-electron chi connectivity index (χ1n) is 9.55. The highest BCUT2D eigenvalue weighted by Gasteiger charge is 2.23. The van der Waals surface area contributed by atoms with Crippen molar-refractivity contribution >= 4 is 33.0 Å². The van der Waals surface area contributed by atoms with Crippen LogP contribution in [0.5, 0.6) is 0 Å². The minimum atomic E-state index is -3.44. The number of rotatable bonds is 8. The van der Waals surface area contributed by atoms with E-state index in [2.05, 4.69) is 10.2 Å². The smallest absolute Gasteiger partial charge is 0.261 e. The van der Waals surface area contributed by atoms with Crippen LogP contribution in [0, 0.1) is 0 Å². The second kappa shape index (κ2) is 10.00. The Morgan fingerprint density at radius 1 is 1.00 bits per heavy atom. The van der Waals surface area contributed by atoms with E-state index in [1.54, 1.807) is 41.3 Å². The maximum atomic E-state index is 12.4. The van der Waals surface area contributed by atoms with Crippen molar-refractivity contribution in [2.24, 2.45) is 0 Å². The Bertz CT molecular complexity index is 906. The fourth-order valence-corrected chi connectivity index (χ4v) is 5.06. The first kappa shape index (κ1) is 21.5. The van der Waals surface area contributed by atoms with Crippen LogP contribution in [0.15, 0.2) is 52.7 Å². The van der Waals surface area contributed by atoms with Gasteiger partial charge in [-0.15, -0.1) is 11.3 Å². The van der Waals surface area contributed by atoms with E-state index in [9.17, 15) is 18.0 Å². The van der Waals surface area contributed by atoms with Crippen LogP contribution < -0.4 is 5.32 Å². The van der Waals surface area contributed by atoms with Crippen molar-refractivity contribution in [1.29, 1.82) is 0 Å². The van der Waals surface area contributed by atoms with Gasteiger partial charge in [0.15, 0.2) is 9.84 Å². The van der Waals surface area contributed by atoms with Gasteiger partial charge in [0.25, 0.3) is 5.91 Å². The number of sulfone groups is 1. The maximum absolute atomic E-state index is 12.4. The minimum Gasteiger partial charge on any atom is -0.350 e. The Hall–Kier alpha value is -2.23. The topological polar surface area (TPSA) is 86.8 Å². The number of amides is 2. The normalized spacial score (nSPS) is 15.2. The van der Waals surface area contributed by atoms with Gasteiger partial charge in [0.2, 0.25) is 5.91 Å². The van der Waals surface area contributed by atoms with E-state index in [1.165, 1.54) is 11.3 Å². The van der Waals surface area contributed by atoms with Crippen molar-refractivity contribution in [3.05, 3.63) is 52.7 Å². The fourth-order valence-electron chi connectivity index (χ4n) is 3.17. The lowest BCUT2D eigenvalue weighted by Gasteiger charge is -2.34. The Balaban J connectivity index is 1.36. The zero-order chi connectivity index (χ0) is 20.7. The van der Waals surface area contributed by atoms with Crippen molar-refractivity contribution in [3.63, 3.8) is 0 Å². The molecule has 0 aliphatic carbocycles. The van der Waals surface area contributed by atoms with Crippen LogP contribution in [-0.2, 0) is 14.6 Å². The van der Waals surface area contributed by atoms with Gasteiger partial charge >= 0.3 is 0 Å². The number of piperazine rings is 1. The SMILES string of the molecule is O=C(NCCN1CCN(C(=O)CCS(=O)(=O)c2ccccc2)CC1)c1cccs1. The third kappa shape index (κ3) is 6.12. The summed E-state index contributed by atoms with van der Waals surface area (Å²) in [4.78, 5) is 29.2. The molecule has 1 saturated heterocycles. The van der Waals surface area contributed by atoms with Crippen LogP contribution in [0.25, 0.3) is 0 Å². The average Bonchev–Trinajstić information content (AvgIpc) is 3.28. The molecule has 1 aliphatic heterocycles. The van der Waals surface area contributed by atoms with Gasteiger partial charge in [0, 0.05) is 45.7 Å². The van der Waals surface area contributed by atoms with E-state index in [-0.39, 0.29) is 28.9 Å². The molecule has 0 radical (unpaired) electrons. The highest BCUT2D eigenvalue weighted by Crippen LogP contribution is 2.13. The lowest BCUT2D eigenvalue weighted by atomic mass is 10.3. The molecule has 0 unspecified atom stereocenters. The van der Waals surface area contributed by atoms with Crippen LogP contribution in [0.1, 0.15) is 16.1 Å². The summed E-state index contributed by atoms with van der Waals surface area (Å²) in [5, 5.41) is 4.77. The molecule has 0 spiro atoms. The number of hydrogen-bond donors (Lipinski definition) is 1. The first-order chi connectivity index (χ1) is 14.0. The van der Waals surface area contributed by atoms with E-state index < -0.39 is 9.84 Å². The van der Waals surface area contributed by atoms with Gasteiger partial charge in [0.05, 0.1) is 15.5 Å². The van der Waals surface area contributed by atoms with Crippen molar-refractivity contribution in [1.82, 2.24) is 15.1 Å². The van der Waals surface area contributed by atoms with Gasteiger partial charge in [-0.05, 0) is 23.6 Å². The van der Waals surface area contributed by atoms with E-state index in [0.29, 0.717) is 37.6 Å². The lowest BCUT2D eigenvalue weighted by Crippen LogP contribution is -2.50. The molecule has 2 heterocycles. The molecule has 1 aromatic heterocycles. The molecule has 1 fully saturated rings. The summed E-state index contributed by atoms with van der Waals surface area (Å²) in [6, 6.07) is 11.9. The van der Waals surface area contributed by atoms with E-state index in [4.69, 9.17) is 0 Å². The molecular formula is C20H25N3O4S2. The Kier molecular flexibility index (Phi) is 7.40. The maximum Gasteiger partial charge on any atom is 0.261 e. The molecule has 2 aromatic rings. The summed E-state index contributed by atoms with van der Waals surface area (Å²) >= 11 is 1.41. The molecule has 0 saturated carbocycles. The molecule has 7 nitrogen and oxygen atoms in total. The van der Waals surface area contributed by atoms with Crippen LogP contribution in [-0.4, -0.2) is 75.1 Å². The highest BCUT2D eigenvalue weighted by atomic mass is 32.2. The molecule has 1 N–H and O–H groups in total. The number of nitrogens with zero attached hydrogens (tertiary/aromatic N) is 2. The Morgan fingerprint density at radius 2 is 1.72 bits per heavy atom. The van der Waals surface area contributed by atoms with E-state index in [0.717, 1.165) is 6.54 Å². The largest absolute Gasteiger partial charge is 0.350 e. The standard InChI is InChI=1S/C20H25N3O4S2/c24-19(8-16-29(26,27)17-5-2-1-3-6-17)23-13-11-22(12-14-23)10-9-21-20(25)18-7-4-15-28-18/h1-7,15H,8-14,16H2,(H,21,25). The second-order valence-corrected chi connectivity index (χ2v) is 9.89. The van der Waals surface area contributed by atoms with Gasteiger partial charge in [-0.3, -0.25) is 14.5 Å². The van der Waals surface area contributed by atoms with Crippen LogP contribution in [0.2, 0.25) is 0 Å². The lowest BCUT2D eigenvalue weighted by molar-refractivity contribution is -0.132. The predicted octanol–water partition coefficient (Wildman–Crippen LogP) is 1.49. The molecule has 9 heteroatoms. The van der Waals surface area contributed by atoms with Gasteiger partial charge in [0.1, 0.15) is 0 Å². The summed E-state index contributed by atoms with van der Waals surface area (Å²) in [5.74, 6) is -0.367. The third-order valence-corrected chi connectivity index (χ3v) is 7.47. The fraction of sp³-hybridized carbons (Fsp3) is 0.400. The van der Waals surface area contributed by atoms with Crippen LogP contribution in [0.4, 0.5) is 0 Å². The van der Waals surface area contributed by atoms with Crippen molar-refractivity contribution in [2.45, 2.75) is 11.3 Å².